The molecule has 0 saturated carbocycles. The number of carbonyl (C=O) groups excluding carboxylic acids is 1. The lowest BCUT2D eigenvalue weighted by Gasteiger charge is -2.25. The summed E-state index contributed by atoms with van der Waals surface area (Å²) >= 11 is 0. The first kappa shape index (κ1) is 24.0. The van der Waals surface area contributed by atoms with Crippen LogP contribution in [0.25, 0.3) is 10.9 Å². The quantitative estimate of drug-likeness (QED) is 0.558. The minimum absolute atomic E-state index is 0.0287. The van der Waals surface area contributed by atoms with Crippen LogP contribution in [0.4, 0.5) is 5.69 Å². The van der Waals surface area contributed by atoms with Crippen molar-refractivity contribution in [2.24, 2.45) is 0 Å². The van der Waals surface area contributed by atoms with E-state index in [2.05, 4.69) is 4.98 Å². The lowest BCUT2D eigenvalue weighted by atomic mass is 9.98. The Morgan fingerprint density at radius 1 is 1.18 bits per heavy atom. The summed E-state index contributed by atoms with van der Waals surface area (Å²) in [4.78, 5) is 19.0. The number of benzene rings is 2. The number of phenolic OH excluding ortho intramolecular Hbond substituents is 1. The Hall–Kier alpha value is -3.17. The predicted molar refractivity (Wildman–Crippen MR) is 132 cm³/mol. The summed E-state index contributed by atoms with van der Waals surface area (Å²) in [6.45, 7) is 5.29. The molecule has 3 aromatic rings. The molecule has 2 aromatic carbocycles. The normalized spacial score (nSPS) is 14.1. The van der Waals surface area contributed by atoms with Gasteiger partial charge < -0.3 is 15.1 Å². The summed E-state index contributed by atoms with van der Waals surface area (Å²) in [6.07, 6.45) is 3.30. The zero-order valence-electron chi connectivity index (χ0n) is 20.0. The van der Waals surface area contributed by atoms with Gasteiger partial charge in [-0.2, -0.15) is 0 Å². The number of phenols is 1. The van der Waals surface area contributed by atoms with E-state index in [0.717, 1.165) is 27.3 Å². The molecule has 0 atom stereocenters. The number of aromatic hydroxyl groups is 1. The highest BCUT2D eigenvalue weighted by Crippen LogP contribution is 2.44. The monoisotopic (exact) mass is 483 g/mol. The molecular weight excluding hydrogens is 454 g/mol. The maximum Gasteiger partial charge on any atom is 0.258 e. The first-order chi connectivity index (χ1) is 15.8. The van der Waals surface area contributed by atoms with Crippen molar-refractivity contribution in [3.63, 3.8) is 0 Å². The van der Waals surface area contributed by atoms with E-state index in [1.165, 1.54) is 11.9 Å². The van der Waals surface area contributed by atoms with Crippen molar-refractivity contribution in [2.45, 2.75) is 39.3 Å². The second-order valence-electron chi connectivity index (χ2n) is 9.66. The van der Waals surface area contributed by atoms with E-state index in [1.54, 1.807) is 20.0 Å². The van der Waals surface area contributed by atoms with Gasteiger partial charge in [-0.05, 0) is 44.4 Å². The Balaban J connectivity index is 1.92. The summed E-state index contributed by atoms with van der Waals surface area (Å²) in [6, 6.07) is 9.91. The Morgan fingerprint density at radius 3 is 2.41 bits per heavy atom. The number of β-amino-alcohol motifs (C(OH)–C–C–N with tert-alkyl or cyclic N) is 1. The average Bonchev–Trinajstić information content (AvgIpc) is 3.03. The standard InChI is InChI=1S/C25H29N3O5S/c1-15-6-8-16(9-7-15)10-17-11-18-21(26-12-17)23(29)20-19(22(18)27(4)34(5,32)33)13-28(24(20)30)14-25(2,3)31/h6-9,11-12,29,31H,10,13-14H2,1-5H3. The predicted octanol–water partition coefficient (Wildman–Crippen LogP) is 2.96. The molecule has 0 radical (unpaired) electrons. The fourth-order valence-electron chi connectivity index (χ4n) is 4.38. The van der Waals surface area contributed by atoms with E-state index < -0.39 is 21.5 Å². The molecule has 0 saturated heterocycles. The second-order valence-corrected chi connectivity index (χ2v) is 11.7. The third-order valence-electron chi connectivity index (χ3n) is 6.02. The molecule has 1 aliphatic heterocycles. The number of amides is 1. The van der Waals surface area contributed by atoms with E-state index in [9.17, 15) is 23.4 Å². The number of sulfonamides is 1. The molecule has 8 nitrogen and oxygen atoms in total. The van der Waals surface area contributed by atoms with Gasteiger partial charge in [0.2, 0.25) is 10.0 Å². The molecule has 9 heteroatoms. The Labute approximate surface area is 199 Å². The van der Waals surface area contributed by atoms with Crippen LogP contribution in [0, 0.1) is 6.92 Å². The fraction of sp³-hybridized carbons (Fsp3) is 0.360. The van der Waals surface area contributed by atoms with Crippen LogP contribution >= 0.6 is 0 Å². The van der Waals surface area contributed by atoms with Crippen molar-refractivity contribution >= 4 is 32.5 Å². The molecule has 4 rings (SSSR count). The molecule has 0 aliphatic carbocycles. The van der Waals surface area contributed by atoms with Crippen LogP contribution < -0.4 is 4.31 Å². The Morgan fingerprint density at radius 2 is 1.82 bits per heavy atom. The molecule has 0 bridgehead atoms. The van der Waals surface area contributed by atoms with Gasteiger partial charge in [0.05, 0.1) is 23.1 Å². The average molecular weight is 484 g/mol. The molecule has 1 amide bonds. The maximum atomic E-state index is 13.2. The number of nitrogens with zero attached hydrogens (tertiary/aromatic N) is 3. The molecule has 2 heterocycles. The van der Waals surface area contributed by atoms with Crippen molar-refractivity contribution in [3.8, 4) is 5.75 Å². The number of aryl methyl sites for hydroxylation is 1. The third kappa shape index (κ3) is 4.45. The van der Waals surface area contributed by atoms with Gasteiger partial charge in [-0.15, -0.1) is 0 Å². The van der Waals surface area contributed by atoms with E-state index in [-0.39, 0.29) is 29.9 Å². The molecular formula is C25H29N3O5S. The lowest BCUT2D eigenvalue weighted by molar-refractivity contribution is 0.0313. The van der Waals surface area contributed by atoms with E-state index in [0.29, 0.717) is 23.1 Å². The van der Waals surface area contributed by atoms with Crippen LogP contribution in [0.3, 0.4) is 0 Å². The fourth-order valence-corrected chi connectivity index (χ4v) is 4.92. The number of anilines is 1. The van der Waals surface area contributed by atoms with Gasteiger partial charge in [0.25, 0.3) is 5.91 Å². The van der Waals surface area contributed by atoms with Crippen molar-refractivity contribution < 1.29 is 23.4 Å². The van der Waals surface area contributed by atoms with E-state index >= 15 is 0 Å². The van der Waals surface area contributed by atoms with Crippen LogP contribution in [-0.2, 0) is 23.0 Å². The summed E-state index contributed by atoms with van der Waals surface area (Å²) in [5.74, 6) is -0.744. The number of fused-ring (bicyclic) bond motifs is 2. The number of pyridine rings is 1. The Kier molecular flexibility index (Phi) is 5.81. The van der Waals surface area contributed by atoms with Crippen molar-refractivity contribution in [1.29, 1.82) is 0 Å². The summed E-state index contributed by atoms with van der Waals surface area (Å²) in [5.41, 5.74) is 2.82. The first-order valence-corrected chi connectivity index (χ1v) is 12.8. The van der Waals surface area contributed by atoms with E-state index in [1.807, 2.05) is 37.3 Å². The number of rotatable bonds is 6. The van der Waals surface area contributed by atoms with Crippen LogP contribution in [0.1, 0.15) is 46.5 Å². The van der Waals surface area contributed by atoms with Gasteiger partial charge >= 0.3 is 0 Å². The zero-order valence-corrected chi connectivity index (χ0v) is 20.8. The SMILES string of the molecule is Cc1ccc(Cc2cnc3c(O)c4c(c(N(C)S(C)(=O)=O)c3c2)CN(CC(C)(C)O)C4=O)cc1. The molecule has 0 fully saturated rings. The first-order valence-electron chi connectivity index (χ1n) is 10.9. The molecule has 0 spiro atoms. The third-order valence-corrected chi connectivity index (χ3v) is 7.19. The van der Waals surface area contributed by atoms with Crippen molar-refractivity contribution in [2.75, 3.05) is 24.2 Å². The van der Waals surface area contributed by atoms with Crippen LogP contribution in [0.2, 0.25) is 0 Å². The number of aromatic nitrogens is 1. The smallest absolute Gasteiger partial charge is 0.258 e. The zero-order chi connectivity index (χ0) is 25.0. The number of aliphatic hydroxyl groups is 1. The topological polar surface area (TPSA) is 111 Å². The highest BCUT2D eigenvalue weighted by Gasteiger charge is 2.38. The van der Waals surface area contributed by atoms with Gasteiger partial charge in [-0.3, -0.25) is 14.1 Å². The maximum absolute atomic E-state index is 13.2. The minimum atomic E-state index is -3.68. The Bertz CT molecular complexity index is 1390. The number of hydrogen-bond donors (Lipinski definition) is 2. The summed E-state index contributed by atoms with van der Waals surface area (Å²) in [5, 5.41) is 21.7. The number of hydrogen-bond acceptors (Lipinski definition) is 6. The lowest BCUT2D eigenvalue weighted by Crippen LogP contribution is -2.38. The number of carbonyl (C=O) groups is 1. The summed E-state index contributed by atoms with van der Waals surface area (Å²) in [7, 11) is -2.26. The van der Waals surface area contributed by atoms with Gasteiger partial charge in [0.1, 0.15) is 5.52 Å². The molecule has 180 valence electrons. The van der Waals surface area contributed by atoms with Crippen molar-refractivity contribution in [1.82, 2.24) is 9.88 Å². The van der Waals surface area contributed by atoms with Crippen LogP contribution in [0.5, 0.6) is 5.75 Å². The molecule has 0 unspecified atom stereocenters. The van der Waals surface area contributed by atoms with E-state index in [4.69, 9.17) is 0 Å². The van der Waals surface area contributed by atoms with Crippen molar-refractivity contribution in [3.05, 3.63) is 64.3 Å². The minimum Gasteiger partial charge on any atom is -0.505 e. The molecule has 1 aromatic heterocycles. The van der Waals surface area contributed by atoms with Gasteiger partial charge in [0, 0.05) is 37.3 Å². The second kappa shape index (κ2) is 8.25. The molecule has 1 aliphatic rings. The molecule has 34 heavy (non-hydrogen) atoms. The van der Waals surface area contributed by atoms with Crippen LogP contribution in [0.15, 0.2) is 36.5 Å². The van der Waals surface area contributed by atoms with Gasteiger partial charge in [-0.1, -0.05) is 29.8 Å². The van der Waals surface area contributed by atoms with Crippen LogP contribution in [-0.4, -0.2) is 59.9 Å². The van der Waals surface area contributed by atoms with Gasteiger partial charge in [0.15, 0.2) is 5.75 Å². The van der Waals surface area contributed by atoms with Gasteiger partial charge in [-0.25, -0.2) is 8.42 Å². The largest absolute Gasteiger partial charge is 0.505 e. The summed E-state index contributed by atoms with van der Waals surface area (Å²) < 4.78 is 26.3. The highest BCUT2D eigenvalue weighted by atomic mass is 32.2. The molecule has 2 N–H and O–H groups in total. The highest BCUT2D eigenvalue weighted by molar-refractivity contribution is 7.92.